The Morgan fingerprint density at radius 2 is 1.83 bits per heavy atom. The summed E-state index contributed by atoms with van der Waals surface area (Å²) in [5.41, 5.74) is 3.52. The van der Waals surface area contributed by atoms with Gasteiger partial charge in [0.05, 0.1) is 5.69 Å². The van der Waals surface area contributed by atoms with Gasteiger partial charge in [0.25, 0.3) is 0 Å². The van der Waals surface area contributed by atoms with Crippen molar-refractivity contribution in [2.24, 2.45) is 5.92 Å². The van der Waals surface area contributed by atoms with Crippen LogP contribution in [-0.2, 0) is 0 Å². The molecule has 2 heterocycles. The first-order valence-corrected chi connectivity index (χ1v) is 10.2. The molecule has 0 amide bonds. The largest absolute Gasteiger partial charge is 0.356 e. The van der Waals surface area contributed by atoms with Crippen LogP contribution < -0.4 is 10.2 Å². The highest BCUT2D eigenvalue weighted by molar-refractivity contribution is 5.94. The number of hydrogen-bond acceptors (Lipinski definition) is 5. The lowest BCUT2D eigenvalue weighted by atomic mass is 10.0. The molecular weight excluding hydrogens is 360 g/mol. The van der Waals surface area contributed by atoms with Crippen LogP contribution in [0.2, 0.25) is 0 Å². The van der Waals surface area contributed by atoms with E-state index in [1.54, 1.807) is 6.92 Å². The van der Waals surface area contributed by atoms with E-state index in [4.69, 9.17) is 9.97 Å². The maximum Gasteiger partial charge on any atom is 0.229 e. The minimum Gasteiger partial charge on any atom is -0.356 e. The van der Waals surface area contributed by atoms with Crippen LogP contribution in [0.3, 0.4) is 0 Å². The molecule has 1 aliphatic rings. The van der Waals surface area contributed by atoms with Crippen molar-refractivity contribution in [3.63, 3.8) is 0 Å². The number of Topliss-reactive ketones (excluding diaryl/α,β-unsaturated/α-hetero) is 1. The predicted octanol–water partition coefficient (Wildman–Crippen LogP) is 5.33. The van der Waals surface area contributed by atoms with Gasteiger partial charge in [0.2, 0.25) is 5.95 Å². The lowest BCUT2D eigenvalue weighted by molar-refractivity contribution is 0.101. The summed E-state index contributed by atoms with van der Waals surface area (Å²) in [6.45, 7) is 5.89. The van der Waals surface area contributed by atoms with E-state index in [-0.39, 0.29) is 5.78 Å². The molecule has 1 N–H and O–H groups in total. The van der Waals surface area contributed by atoms with Crippen molar-refractivity contribution in [1.82, 2.24) is 9.97 Å². The van der Waals surface area contributed by atoms with Crippen molar-refractivity contribution in [3.8, 4) is 11.3 Å². The summed E-state index contributed by atoms with van der Waals surface area (Å²) in [4.78, 5) is 23.4. The third-order valence-corrected chi connectivity index (χ3v) is 5.31. The van der Waals surface area contributed by atoms with E-state index < -0.39 is 0 Å². The van der Waals surface area contributed by atoms with E-state index in [0.717, 1.165) is 35.9 Å². The summed E-state index contributed by atoms with van der Waals surface area (Å²) < 4.78 is 0. The maximum absolute atomic E-state index is 11.5. The van der Waals surface area contributed by atoms with Gasteiger partial charge < -0.3 is 10.2 Å². The molecule has 4 rings (SSSR count). The molecule has 3 aromatic rings. The summed E-state index contributed by atoms with van der Waals surface area (Å²) in [6, 6.07) is 19.7. The van der Waals surface area contributed by atoms with Gasteiger partial charge in [-0.3, -0.25) is 4.79 Å². The quantitative estimate of drug-likeness (QED) is 0.601. The van der Waals surface area contributed by atoms with Crippen LogP contribution in [0.4, 0.5) is 17.5 Å². The molecule has 0 saturated carbocycles. The Hall–Kier alpha value is -3.21. The monoisotopic (exact) mass is 386 g/mol. The van der Waals surface area contributed by atoms with Crippen molar-refractivity contribution in [2.45, 2.75) is 26.7 Å². The van der Waals surface area contributed by atoms with Gasteiger partial charge in [-0.05, 0) is 49.9 Å². The number of carbonyl (C=O) groups is 1. The summed E-state index contributed by atoms with van der Waals surface area (Å²) >= 11 is 0. The highest BCUT2D eigenvalue weighted by Crippen LogP contribution is 2.28. The van der Waals surface area contributed by atoms with Gasteiger partial charge in [0.15, 0.2) is 5.78 Å². The third kappa shape index (κ3) is 4.62. The Morgan fingerprint density at radius 1 is 1.07 bits per heavy atom. The zero-order valence-corrected chi connectivity index (χ0v) is 16.9. The number of nitrogens with one attached hydrogen (secondary N) is 1. The number of nitrogens with zero attached hydrogens (tertiary/aromatic N) is 3. The molecule has 1 unspecified atom stereocenters. The molecule has 2 aromatic carbocycles. The number of hydrogen-bond donors (Lipinski definition) is 1. The summed E-state index contributed by atoms with van der Waals surface area (Å²) in [7, 11) is 0. The molecule has 1 atom stereocenters. The smallest absolute Gasteiger partial charge is 0.229 e. The Bertz CT molecular complexity index is 986. The fourth-order valence-corrected chi connectivity index (χ4v) is 3.72. The predicted molar refractivity (Wildman–Crippen MR) is 118 cm³/mol. The molecule has 1 fully saturated rings. The van der Waals surface area contributed by atoms with Crippen LogP contribution in [0.5, 0.6) is 0 Å². The molecule has 148 valence electrons. The van der Waals surface area contributed by atoms with E-state index in [2.05, 4.69) is 35.3 Å². The molecule has 0 spiro atoms. The van der Waals surface area contributed by atoms with Gasteiger partial charge >= 0.3 is 0 Å². The first kappa shape index (κ1) is 19.1. The van der Waals surface area contributed by atoms with Gasteiger partial charge in [0, 0.05) is 36.0 Å². The Balaban J connectivity index is 1.68. The molecule has 1 aromatic heterocycles. The highest BCUT2D eigenvalue weighted by atomic mass is 16.1. The minimum atomic E-state index is 0.0559. The van der Waals surface area contributed by atoms with Crippen LogP contribution in [0, 0.1) is 5.92 Å². The van der Waals surface area contributed by atoms with Crippen LogP contribution in [0.1, 0.15) is 37.0 Å². The number of aromatic nitrogens is 2. The van der Waals surface area contributed by atoms with Crippen molar-refractivity contribution in [1.29, 1.82) is 0 Å². The molecule has 0 aliphatic carbocycles. The van der Waals surface area contributed by atoms with Crippen molar-refractivity contribution < 1.29 is 4.79 Å². The van der Waals surface area contributed by atoms with Crippen LogP contribution in [0.25, 0.3) is 11.3 Å². The van der Waals surface area contributed by atoms with E-state index in [1.807, 2.05) is 42.5 Å². The standard InChI is InChI=1S/C24H26N4O/c1-17-7-6-14-28(16-17)23-15-22(20-8-4-3-5-9-20)26-24(27-23)25-21-12-10-19(11-13-21)18(2)29/h3-5,8-13,15,17H,6-7,14,16H2,1-2H3,(H,25,26,27). The molecular formula is C24H26N4O. The highest BCUT2D eigenvalue weighted by Gasteiger charge is 2.19. The first-order valence-electron chi connectivity index (χ1n) is 10.2. The number of ketones is 1. The van der Waals surface area contributed by atoms with Crippen LogP contribution in [-0.4, -0.2) is 28.8 Å². The fourth-order valence-electron chi connectivity index (χ4n) is 3.72. The zero-order valence-electron chi connectivity index (χ0n) is 16.9. The fraction of sp³-hybridized carbons (Fsp3) is 0.292. The molecule has 5 heteroatoms. The Kier molecular flexibility index (Phi) is 5.56. The number of benzene rings is 2. The van der Waals surface area contributed by atoms with Gasteiger partial charge in [-0.15, -0.1) is 0 Å². The molecule has 5 nitrogen and oxygen atoms in total. The van der Waals surface area contributed by atoms with Crippen LogP contribution in [0.15, 0.2) is 60.7 Å². The normalized spacial score (nSPS) is 16.5. The van der Waals surface area contributed by atoms with Crippen molar-refractivity contribution >= 4 is 23.2 Å². The van der Waals surface area contributed by atoms with Crippen molar-refractivity contribution in [3.05, 3.63) is 66.2 Å². The van der Waals surface area contributed by atoms with E-state index >= 15 is 0 Å². The molecule has 0 radical (unpaired) electrons. The SMILES string of the molecule is CC(=O)c1ccc(Nc2nc(-c3ccccc3)cc(N3CCCC(C)C3)n2)cc1. The van der Waals surface area contributed by atoms with Gasteiger partial charge in [-0.2, -0.15) is 4.98 Å². The number of carbonyl (C=O) groups excluding carboxylic acids is 1. The Labute approximate surface area is 171 Å². The number of rotatable bonds is 5. The van der Waals surface area contributed by atoms with E-state index in [1.165, 1.54) is 12.8 Å². The Morgan fingerprint density at radius 3 is 2.52 bits per heavy atom. The second-order valence-corrected chi connectivity index (χ2v) is 7.75. The zero-order chi connectivity index (χ0) is 20.2. The lowest BCUT2D eigenvalue weighted by Gasteiger charge is -2.32. The van der Waals surface area contributed by atoms with Gasteiger partial charge in [0.1, 0.15) is 5.82 Å². The average molecular weight is 386 g/mol. The minimum absolute atomic E-state index is 0.0559. The van der Waals surface area contributed by atoms with E-state index in [9.17, 15) is 4.79 Å². The average Bonchev–Trinajstić information content (AvgIpc) is 2.74. The van der Waals surface area contributed by atoms with Gasteiger partial charge in [-0.1, -0.05) is 37.3 Å². The lowest BCUT2D eigenvalue weighted by Crippen LogP contribution is -2.35. The molecule has 1 saturated heterocycles. The summed E-state index contributed by atoms with van der Waals surface area (Å²) in [5.74, 6) is 2.23. The van der Waals surface area contributed by atoms with Gasteiger partial charge in [-0.25, -0.2) is 4.98 Å². The topological polar surface area (TPSA) is 58.1 Å². The molecule has 29 heavy (non-hydrogen) atoms. The van der Waals surface area contributed by atoms with Crippen molar-refractivity contribution in [2.75, 3.05) is 23.3 Å². The first-order chi connectivity index (χ1) is 14.1. The maximum atomic E-state index is 11.5. The molecule has 1 aliphatic heterocycles. The number of piperidine rings is 1. The second-order valence-electron chi connectivity index (χ2n) is 7.75. The van der Waals surface area contributed by atoms with Crippen LogP contribution >= 0.6 is 0 Å². The second kappa shape index (κ2) is 8.43. The summed E-state index contributed by atoms with van der Waals surface area (Å²) in [6.07, 6.45) is 2.45. The van der Waals surface area contributed by atoms with E-state index in [0.29, 0.717) is 17.4 Å². The number of anilines is 3. The molecule has 0 bridgehead atoms. The third-order valence-electron chi connectivity index (χ3n) is 5.31. The summed E-state index contributed by atoms with van der Waals surface area (Å²) in [5, 5.41) is 3.31.